The Kier molecular flexibility index (Phi) is 4.38. The number of carbonyl (C=O) groups excluding carboxylic acids is 1. The van der Waals surface area contributed by atoms with Gasteiger partial charge in [0.2, 0.25) is 5.91 Å². The van der Waals surface area contributed by atoms with Gasteiger partial charge in [-0.15, -0.1) is 0 Å². The molecule has 0 aliphatic heterocycles. The Morgan fingerprint density at radius 3 is 2.67 bits per heavy atom. The molecule has 1 heterocycles. The second-order valence-corrected chi connectivity index (χ2v) is 5.67. The fourth-order valence-corrected chi connectivity index (χ4v) is 2.41. The second kappa shape index (κ2) is 6.62. The van der Waals surface area contributed by atoms with E-state index in [1.165, 1.54) is 11.6 Å². The number of ether oxygens (including phenoxy) is 1. The van der Waals surface area contributed by atoms with E-state index in [2.05, 4.69) is 5.32 Å². The molecule has 0 fully saturated rings. The number of amides is 1. The van der Waals surface area contributed by atoms with E-state index >= 15 is 0 Å². The zero-order valence-corrected chi connectivity index (χ0v) is 13.9. The Morgan fingerprint density at radius 1 is 1.08 bits per heavy atom. The van der Waals surface area contributed by atoms with Crippen molar-refractivity contribution in [2.75, 3.05) is 12.4 Å². The summed E-state index contributed by atoms with van der Waals surface area (Å²) in [4.78, 5) is 12.0. The molecule has 3 aromatic rings. The predicted octanol–water partition coefficient (Wildman–Crippen LogP) is 4.71. The first-order valence-electron chi connectivity index (χ1n) is 7.69. The van der Waals surface area contributed by atoms with Gasteiger partial charge < -0.3 is 14.5 Å². The maximum Gasteiger partial charge on any atom is 0.248 e. The number of fused-ring (bicyclic) bond motifs is 1. The van der Waals surface area contributed by atoms with E-state index in [1.807, 2.05) is 56.3 Å². The van der Waals surface area contributed by atoms with E-state index in [4.69, 9.17) is 9.15 Å². The summed E-state index contributed by atoms with van der Waals surface area (Å²) in [6.45, 7) is 4.06. The Bertz CT molecular complexity index is 922. The van der Waals surface area contributed by atoms with Gasteiger partial charge in [-0.25, -0.2) is 0 Å². The molecule has 4 heteroatoms. The van der Waals surface area contributed by atoms with Gasteiger partial charge in [0, 0.05) is 17.1 Å². The average Bonchev–Trinajstić information content (AvgIpc) is 2.98. The summed E-state index contributed by atoms with van der Waals surface area (Å²) in [5, 5.41) is 3.78. The van der Waals surface area contributed by atoms with Gasteiger partial charge in [0.15, 0.2) is 0 Å². The minimum absolute atomic E-state index is 0.198. The molecule has 2 aromatic carbocycles. The minimum Gasteiger partial charge on any atom is -0.497 e. The number of rotatable bonds is 4. The van der Waals surface area contributed by atoms with Crippen LogP contribution in [0, 0.1) is 13.8 Å². The van der Waals surface area contributed by atoms with Crippen LogP contribution in [0.3, 0.4) is 0 Å². The van der Waals surface area contributed by atoms with E-state index in [0.717, 1.165) is 28.0 Å². The van der Waals surface area contributed by atoms with Crippen LogP contribution in [-0.2, 0) is 4.79 Å². The molecule has 0 bridgehead atoms. The third-order valence-corrected chi connectivity index (χ3v) is 3.92. The monoisotopic (exact) mass is 321 g/mol. The van der Waals surface area contributed by atoms with Crippen LogP contribution >= 0.6 is 0 Å². The molecule has 1 N–H and O–H groups in total. The normalized spacial score (nSPS) is 11.1. The van der Waals surface area contributed by atoms with Crippen molar-refractivity contribution >= 4 is 28.6 Å². The van der Waals surface area contributed by atoms with Crippen LogP contribution in [0.4, 0.5) is 5.69 Å². The van der Waals surface area contributed by atoms with Gasteiger partial charge in [0.1, 0.15) is 17.1 Å². The van der Waals surface area contributed by atoms with Crippen molar-refractivity contribution in [3.63, 3.8) is 0 Å². The maximum absolute atomic E-state index is 12.0. The number of furan rings is 1. The molecule has 0 saturated carbocycles. The number of benzene rings is 2. The molecule has 122 valence electrons. The minimum atomic E-state index is -0.198. The van der Waals surface area contributed by atoms with Crippen molar-refractivity contribution < 1.29 is 13.9 Å². The smallest absolute Gasteiger partial charge is 0.248 e. The van der Waals surface area contributed by atoms with Gasteiger partial charge in [0.25, 0.3) is 0 Å². The van der Waals surface area contributed by atoms with E-state index in [9.17, 15) is 4.79 Å². The van der Waals surface area contributed by atoms with Crippen LogP contribution in [0.25, 0.3) is 17.0 Å². The quantitative estimate of drug-likeness (QED) is 0.708. The Labute approximate surface area is 140 Å². The van der Waals surface area contributed by atoms with E-state index in [0.29, 0.717) is 5.76 Å². The summed E-state index contributed by atoms with van der Waals surface area (Å²) in [7, 11) is 1.62. The average molecular weight is 321 g/mol. The summed E-state index contributed by atoms with van der Waals surface area (Å²) >= 11 is 0. The number of hydrogen-bond donors (Lipinski definition) is 1. The standard InChI is InChI=1S/C20H19NO3/c1-13-4-5-16(10-14(13)2)21-20(22)9-7-18-12-15-11-17(23-3)6-8-19(15)24-18/h4-12H,1-3H3,(H,21,22)/b9-7+. The lowest BCUT2D eigenvalue weighted by Gasteiger charge is -2.05. The van der Waals surface area contributed by atoms with Crippen LogP contribution in [0.5, 0.6) is 5.75 Å². The highest BCUT2D eigenvalue weighted by atomic mass is 16.5. The number of methoxy groups -OCH3 is 1. The van der Waals surface area contributed by atoms with Crippen LogP contribution in [0.15, 0.2) is 53.0 Å². The number of hydrogen-bond acceptors (Lipinski definition) is 3. The van der Waals surface area contributed by atoms with Gasteiger partial charge >= 0.3 is 0 Å². The SMILES string of the molecule is COc1ccc2oc(/C=C/C(=O)Nc3ccc(C)c(C)c3)cc2c1. The van der Waals surface area contributed by atoms with E-state index in [-0.39, 0.29) is 5.91 Å². The van der Waals surface area contributed by atoms with Crippen molar-refractivity contribution in [2.45, 2.75) is 13.8 Å². The first-order chi connectivity index (χ1) is 11.5. The molecular weight excluding hydrogens is 302 g/mol. The van der Waals surface area contributed by atoms with Crippen LogP contribution < -0.4 is 10.1 Å². The number of nitrogens with one attached hydrogen (secondary N) is 1. The number of aryl methyl sites for hydroxylation is 2. The Hall–Kier alpha value is -3.01. The van der Waals surface area contributed by atoms with Gasteiger partial charge in [-0.1, -0.05) is 6.07 Å². The van der Waals surface area contributed by atoms with Gasteiger partial charge in [-0.3, -0.25) is 4.79 Å². The summed E-state index contributed by atoms with van der Waals surface area (Å²) in [6, 6.07) is 13.3. The molecule has 3 rings (SSSR count). The van der Waals surface area contributed by atoms with Crippen LogP contribution in [0.1, 0.15) is 16.9 Å². The molecule has 0 aliphatic rings. The van der Waals surface area contributed by atoms with E-state index < -0.39 is 0 Å². The summed E-state index contributed by atoms with van der Waals surface area (Å²) in [5.41, 5.74) is 3.87. The van der Waals surface area contributed by atoms with E-state index in [1.54, 1.807) is 13.2 Å². The molecular formula is C20H19NO3. The highest BCUT2D eigenvalue weighted by Crippen LogP contribution is 2.24. The molecule has 4 nitrogen and oxygen atoms in total. The lowest BCUT2D eigenvalue weighted by molar-refractivity contribution is -0.111. The zero-order valence-electron chi connectivity index (χ0n) is 13.9. The van der Waals surface area contributed by atoms with Gasteiger partial charge in [-0.2, -0.15) is 0 Å². The molecule has 0 aliphatic carbocycles. The van der Waals surface area contributed by atoms with Crippen molar-refractivity contribution in [1.82, 2.24) is 0 Å². The van der Waals surface area contributed by atoms with Crippen molar-refractivity contribution in [1.29, 1.82) is 0 Å². The molecule has 0 saturated heterocycles. The third kappa shape index (κ3) is 3.49. The maximum atomic E-state index is 12.0. The molecule has 1 amide bonds. The molecule has 1 aromatic heterocycles. The number of carbonyl (C=O) groups is 1. The summed E-state index contributed by atoms with van der Waals surface area (Å²) < 4.78 is 10.9. The molecule has 0 unspecified atom stereocenters. The highest BCUT2D eigenvalue weighted by molar-refractivity contribution is 6.02. The highest BCUT2D eigenvalue weighted by Gasteiger charge is 2.04. The molecule has 24 heavy (non-hydrogen) atoms. The summed E-state index contributed by atoms with van der Waals surface area (Å²) in [6.07, 6.45) is 3.12. The topological polar surface area (TPSA) is 51.5 Å². The zero-order chi connectivity index (χ0) is 17.1. The lowest BCUT2D eigenvalue weighted by atomic mass is 10.1. The van der Waals surface area contributed by atoms with Crippen molar-refractivity contribution in [2.24, 2.45) is 0 Å². The first-order valence-corrected chi connectivity index (χ1v) is 7.69. The van der Waals surface area contributed by atoms with Gasteiger partial charge in [-0.05, 0) is 67.4 Å². The van der Waals surface area contributed by atoms with Crippen LogP contribution in [0.2, 0.25) is 0 Å². The fraction of sp³-hybridized carbons (Fsp3) is 0.150. The predicted molar refractivity (Wildman–Crippen MR) is 96.3 cm³/mol. The van der Waals surface area contributed by atoms with Crippen LogP contribution in [-0.4, -0.2) is 13.0 Å². The molecule has 0 spiro atoms. The summed E-state index contributed by atoms with van der Waals surface area (Å²) in [5.74, 6) is 1.19. The number of anilines is 1. The van der Waals surface area contributed by atoms with Crippen molar-refractivity contribution in [3.8, 4) is 5.75 Å². The second-order valence-electron chi connectivity index (χ2n) is 5.67. The molecule has 0 radical (unpaired) electrons. The van der Waals surface area contributed by atoms with Gasteiger partial charge in [0.05, 0.1) is 7.11 Å². The Morgan fingerprint density at radius 2 is 1.92 bits per heavy atom. The Balaban J connectivity index is 1.72. The largest absolute Gasteiger partial charge is 0.497 e. The first kappa shape index (κ1) is 15.9. The third-order valence-electron chi connectivity index (χ3n) is 3.92. The fourth-order valence-electron chi connectivity index (χ4n) is 2.41. The molecule has 0 atom stereocenters. The van der Waals surface area contributed by atoms with Crippen molar-refractivity contribution in [3.05, 3.63) is 65.4 Å². The lowest BCUT2D eigenvalue weighted by Crippen LogP contribution is -2.07.